The molecule has 236 valence electrons. The van der Waals surface area contributed by atoms with Gasteiger partial charge in [0.05, 0.1) is 22.6 Å². The monoisotopic (exact) mass is 648 g/mol. The number of halogens is 2. The zero-order valence-electron chi connectivity index (χ0n) is 25.1. The van der Waals surface area contributed by atoms with Crippen molar-refractivity contribution >= 4 is 44.8 Å². The van der Waals surface area contributed by atoms with Gasteiger partial charge in [-0.15, -0.1) is 0 Å². The zero-order valence-corrected chi connectivity index (χ0v) is 26.7. The van der Waals surface area contributed by atoms with E-state index in [0.29, 0.717) is 4.31 Å². The van der Waals surface area contributed by atoms with Gasteiger partial charge in [-0.05, 0) is 65.0 Å². The highest BCUT2D eigenvalue weighted by Gasteiger charge is 2.35. The Kier molecular flexibility index (Phi) is 10.6. The van der Waals surface area contributed by atoms with Gasteiger partial charge in [0.2, 0.25) is 11.8 Å². The topological polar surface area (TPSA) is 139 Å². The maximum Gasteiger partial charge on any atom is 0.273 e. The second-order valence-corrected chi connectivity index (χ2v) is 13.4. The molecule has 0 spiro atoms. The van der Waals surface area contributed by atoms with E-state index in [1.54, 1.807) is 26.8 Å². The van der Waals surface area contributed by atoms with E-state index in [9.17, 15) is 32.5 Å². The van der Waals surface area contributed by atoms with Crippen LogP contribution in [-0.2, 0) is 26.2 Å². The number of sulfonamides is 1. The molecule has 0 aliphatic carbocycles. The first-order valence-electron chi connectivity index (χ1n) is 13.4. The number of nitro benzene ring substituents is 1. The van der Waals surface area contributed by atoms with Gasteiger partial charge in [-0.1, -0.05) is 35.9 Å². The Balaban J connectivity index is 2.18. The summed E-state index contributed by atoms with van der Waals surface area (Å²) in [6.07, 6.45) is 0. The maximum atomic E-state index is 14.7. The Labute approximate surface area is 260 Å². The summed E-state index contributed by atoms with van der Waals surface area (Å²) in [5, 5.41) is 14.5. The fraction of sp³-hybridized carbons (Fsp3) is 0.333. The zero-order chi connectivity index (χ0) is 33.0. The Morgan fingerprint density at radius 2 is 1.77 bits per heavy atom. The van der Waals surface area contributed by atoms with Gasteiger partial charge in [0.15, 0.2) is 0 Å². The van der Waals surface area contributed by atoms with E-state index < -0.39 is 61.3 Å². The standard InChI is InChI=1S/C30H34ClFN4O7S/c1-19-11-13-23(16-25(19)36(39)40)44(41,42)35(26-15-22(31)12-14-27(26)43-6)18-28(37)34(17-21-9-7-8-10-24(21)32)20(2)29(38)33-30(3,4)5/h7-16,20H,17-18H2,1-6H3,(H,33,38). The van der Waals surface area contributed by atoms with Gasteiger partial charge < -0.3 is 15.0 Å². The average molecular weight is 649 g/mol. The number of nitrogens with zero attached hydrogens (tertiary/aromatic N) is 3. The number of rotatable bonds is 11. The van der Waals surface area contributed by atoms with Crippen molar-refractivity contribution in [3.8, 4) is 5.75 Å². The summed E-state index contributed by atoms with van der Waals surface area (Å²) in [7, 11) is -3.40. The van der Waals surface area contributed by atoms with Crippen LogP contribution in [0.4, 0.5) is 15.8 Å². The van der Waals surface area contributed by atoms with E-state index in [0.717, 1.165) is 11.0 Å². The van der Waals surface area contributed by atoms with Crippen LogP contribution in [0, 0.1) is 22.9 Å². The molecule has 0 aliphatic heterocycles. The van der Waals surface area contributed by atoms with Crippen molar-refractivity contribution in [2.45, 2.75) is 57.6 Å². The highest BCUT2D eigenvalue weighted by molar-refractivity contribution is 7.92. The van der Waals surface area contributed by atoms with Crippen molar-refractivity contribution in [2.24, 2.45) is 0 Å². The number of hydrogen-bond donors (Lipinski definition) is 1. The van der Waals surface area contributed by atoms with Crippen molar-refractivity contribution < 1.29 is 32.1 Å². The van der Waals surface area contributed by atoms with E-state index in [2.05, 4.69) is 5.32 Å². The lowest BCUT2D eigenvalue weighted by molar-refractivity contribution is -0.385. The molecule has 1 atom stereocenters. The Morgan fingerprint density at radius 3 is 2.36 bits per heavy atom. The number of hydrogen-bond acceptors (Lipinski definition) is 7. The summed E-state index contributed by atoms with van der Waals surface area (Å²) in [5.41, 5.74) is -0.910. The number of methoxy groups -OCH3 is 1. The molecule has 3 aromatic rings. The minimum absolute atomic E-state index is 0.0339. The lowest BCUT2D eigenvalue weighted by atomic mass is 10.1. The van der Waals surface area contributed by atoms with Gasteiger partial charge in [-0.3, -0.25) is 24.0 Å². The minimum atomic E-state index is -4.69. The molecular formula is C30H34ClFN4O7S. The Bertz CT molecular complexity index is 1680. The molecule has 0 saturated heterocycles. The number of amides is 2. The number of benzene rings is 3. The Hall–Kier alpha value is -4.23. The van der Waals surface area contributed by atoms with Gasteiger partial charge in [-0.25, -0.2) is 12.8 Å². The van der Waals surface area contributed by atoms with Crippen LogP contribution in [0.1, 0.15) is 38.8 Å². The fourth-order valence-corrected chi connectivity index (χ4v) is 5.92. The maximum absolute atomic E-state index is 14.7. The van der Waals surface area contributed by atoms with E-state index >= 15 is 0 Å². The van der Waals surface area contributed by atoms with Crippen LogP contribution in [0.3, 0.4) is 0 Å². The molecule has 0 saturated carbocycles. The average Bonchev–Trinajstić information content (AvgIpc) is 2.94. The first kappa shape index (κ1) is 34.3. The minimum Gasteiger partial charge on any atom is -0.495 e. The molecule has 0 fully saturated rings. The summed E-state index contributed by atoms with van der Waals surface area (Å²) in [5.74, 6) is -2.00. The normalized spacial score (nSPS) is 12.3. The predicted octanol–water partition coefficient (Wildman–Crippen LogP) is 5.23. The van der Waals surface area contributed by atoms with Crippen molar-refractivity contribution in [1.82, 2.24) is 10.2 Å². The summed E-state index contributed by atoms with van der Waals surface area (Å²) in [6.45, 7) is 6.91. The summed E-state index contributed by atoms with van der Waals surface area (Å²) < 4.78 is 49.1. The largest absolute Gasteiger partial charge is 0.495 e. The molecular weight excluding hydrogens is 615 g/mol. The molecule has 0 aromatic heterocycles. The summed E-state index contributed by atoms with van der Waals surface area (Å²) in [6, 6.07) is 12.0. The van der Waals surface area contributed by atoms with Crippen LogP contribution < -0.4 is 14.4 Å². The second-order valence-electron chi connectivity index (χ2n) is 11.1. The SMILES string of the molecule is COc1ccc(Cl)cc1N(CC(=O)N(Cc1ccccc1F)C(C)C(=O)NC(C)(C)C)S(=O)(=O)c1ccc(C)c([N+](=O)[O-])c1. The predicted molar refractivity (Wildman–Crippen MR) is 165 cm³/mol. The van der Waals surface area contributed by atoms with Crippen LogP contribution in [0.15, 0.2) is 65.6 Å². The van der Waals surface area contributed by atoms with Crippen LogP contribution in [-0.4, -0.2) is 55.3 Å². The third-order valence-electron chi connectivity index (χ3n) is 6.62. The number of nitro groups is 1. The number of anilines is 1. The lowest BCUT2D eigenvalue weighted by Gasteiger charge is -2.33. The van der Waals surface area contributed by atoms with Gasteiger partial charge in [0.1, 0.15) is 24.2 Å². The highest BCUT2D eigenvalue weighted by Crippen LogP contribution is 2.36. The van der Waals surface area contributed by atoms with E-state index in [1.165, 1.54) is 69.5 Å². The van der Waals surface area contributed by atoms with Crippen LogP contribution >= 0.6 is 11.6 Å². The second kappa shape index (κ2) is 13.6. The molecule has 0 radical (unpaired) electrons. The number of nitrogens with one attached hydrogen (secondary N) is 1. The highest BCUT2D eigenvalue weighted by atomic mass is 35.5. The van der Waals surface area contributed by atoms with Gasteiger partial charge in [-0.2, -0.15) is 0 Å². The molecule has 0 aliphatic rings. The van der Waals surface area contributed by atoms with Crippen molar-refractivity contribution in [1.29, 1.82) is 0 Å². The summed E-state index contributed by atoms with van der Waals surface area (Å²) in [4.78, 5) is 38.8. The first-order chi connectivity index (χ1) is 20.5. The number of carbonyl (C=O) groups excluding carboxylic acids is 2. The molecule has 1 unspecified atom stereocenters. The molecule has 0 heterocycles. The fourth-order valence-electron chi connectivity index (χ4n) is 4.31. The van der Waals surface area contributed by atoms with E-state index in [1.807, 2.05) is 0 Å². The molecule has 11 nitrogen and oxygen atoms in total. The number of aryl methyl sites for hydroxylation is 1. The number of ether oxygens (including phenoxy) is 1. The lowest BCUT2D eigenvalue weighted by Crippen LogP contribution is -2.54. The molecule has 1 N–H and O–H groups in total. The van der Waals surface area contributed by atoms with E-state index in [-0.39, 0.29) is 34.1 Å². The molecule has 2 amide bonds. The number of carbonyl (C=O) groups is 2. The smallest absolute Gasteiger partial charge is 0.273 e. The molecule has 0 bridgehead atoms. The van der Waals surface area contributed by atoms with E-state index in [4.69, 9.17) is 16.3 Å². The van der Waals surface area contributed by atoms with Crippen molar-refractivity contribution in [3.63, 3.8) is 0 Å². The quantitative estimate of drug-likeness (QED) is 0.222. The Morgan fingerprint density at radius 1 is 1.11 bits per heavy atom. The van der Waals surface area contributed by atoms with Crippen LogP contribution in [0.25, 0.3) is 0 Å². The van der Waals surface area contributed by atoms with Crippen molar-refractivity contribution in [3.05, 3.63) is 92.7 Å². The molecule has 14 heteroatoms. The third kappa shape index (κ3) is 8.03. The van der Waals surface area contributed by atoms with Gasteiger partial charge in [0, 0.05) is 34.3 Å². The van der Waals surface area contributed by atoms with Gasteiger partial charge in [0.25, 0.3) is 15.7 Å². The van der Waals surface area contributed by atoms with Gasteiger partial charge >= 0.3 is 0 Å². The third-order valence-corrected chi connectivity index (χ3v) is 8.61. The molecule has 3 rings (SSSR count). The molecule has 44 heavy (non-hydrogen) atoms. The summed E-state index contributed by atoms with van der Waals surface area (Å²) >= 11 is 6.22. The first-order valence-corrected chi connectivity index (χ1v) is 15.2. The molecule has 3 aromatic carbocycles. The van der Waals surface area contributed by atoms with Crippen LogP contribution in [0.5, 0.6) is 5.75 Å². The van der Waals surface area contributed by atoms with Crippen LogP contribution in [0.2, 0.25) is 5.02 Å². The van der Waals surface area contributed by atoms with Crippen molar-refractivity contribution in [2.75, 3.05) is 18.0 Å².